The molecule has 1 aromatic carbocycles. The van der Waals surface area contributed by atoms with Crippen molar-refractivity contribution in [3.05, 3.63) is 52.5 Å². The summed E-state index contributed by atoms with van der Waals surface area (Å²) in [5, 5.41) is 5.22. The number of thiophene rings is 1. The molecule has 0 radical (unpaired) electrons. The summed E-state index contributed by atoms with van der Waals surface area (Å²) in [6, 6.07) is 11.1. The molecule has 0 aliphatic carbocycles. The van der Waals surface area contributed by atoms with Gasteiger partial charge in [-0.05, 0) is 55.3 Å². The van der Waals surface area contributed by atoms with Crippen molar-refractivity contribution in [2.24, 2.45) is 0 Å². The van der Waals surface area contributed by atoms with E-state index in [2.05, 4.69) is 21.7 Å². The van der Waals surface area contributed by atoms with Crippen LogP contribution in [0, 0.1) is 5.82 Å². The Balaban J connectivity index is 1.38. The monoisotopic (exact) mass is 346 g/mol. The van der Waals surface area contributed by atoms with E-state index in [4.69, 9.17) is 0 Å². The summed E-state index contributed by atoms with van der Waals surface area (Å²) in [6.45, 7) is 1.70. The van der Waals surface area contributed by atoms with Gasteiger partial charge in [0.25, 0.3) is 0 Å². The van der Waals surface area contributed by atoms with Crippen molar-refractivity contribution < 1.29 is 9.18 Å². The predicted octanol–water partition coefficient (Wildman–Crippen LogP) is 4.00. The van der Waals surface area contributed by atoms with Crippen LogP contribution in [0.4, 0.5) is 10.1 Å². The van der Waals surface area contributed by atoms with Gasteiger partial charge >= 0.3 is 0 Å². The fraction of sp³-hybridized carbons (Fsp3) is 0.421. The summed E-state index contributed by atoms with van der Waals surface area (Å²) in [4.78, 5) is 15.6. The van der Waals surface area contributed by atoms with Crippen LogP contribution < -0.4 is 10.2 Å². The van der Waals surface area contributed by atoms with Crippen molar-refractivity contribution in [2.45, 2.75) is 38.1 Å². The number of carbonyl (C=O) groups excluding carboxylic acids is 1. The quantitative estimate of drug-likeness (QED) is 0.857. The molecule has 1 amide bonds. The van der Waals surface area contributed by atoms with Gasteiger partial charge in [-0.1, -0.05) is 12.1 Å². The Morgan fingerprint density at radius 3 is 2.79 bits per heavy atom. The van der Waals surface area contributed by atoms with E-state index < -0.39 is 0 Å². The van der Waals surface area contributed by atoms with E-state index in [0.29, 0.717) is 6.42 Å². The predicted molar refractivity (Wildman–Crippen MR) is 97.0 cm³/mol. The average molecular weight is 346 g/mol. The summed E-state index contributed by atoms with van der Waals surface area (Å²) in [6.07, 6.45) is 4.28. The first kappa shape index (κ1) is 17.0. The zero-order valence-electron chi connectivity index (χ0n) is 13.7. The SMILES string of the molecule is O=C(CCCc1cccs1)NC1CCN(c2cccc(F)c2)CC1. The molecule has 2 heterocycles. The normalized spacial score (nSPS) is 15.5. The number of hydrogen-bond donors (Lipinski definition) is 1. The number of amides is 1. The van der Waals surface area contributed by atoms with Gasteiger partial charge in [0.1, 0.15) is 5.82 Å². The van der Waals surface area contributed by atoms with Gasteiger partial charge in [-0.15, -0.1) is 11.3 Å². The van der Waals surface area contributed by atoms with Crippen LogP contribution in [0.1, 0.15) is 30.6 Å². The van der Waals surface area contributed by atoms with Crippen LogP contribution in [0.25, 0.3) is 0 Å². The van der Waals surface area contributed by atoms with E-state index in [0.717, 1.165) is 44.5 Å². The van der Waals surface area contributed by atoms with E-state index in [-0.39, 0.29) is 17.8 Å². The maximum atomic E-state index is 13.3. The molecule has 3 nitrogen and oxygen atoms in total. The lowest BCUT2D eigenvalue weighted by molar-refractivity contribution is -0.122. The second-order valence-corrected chi connectivity index (χ2v) is 7.27. The highest BCUT2D eigenvalue weighted by Crippen LogP contribution is 2.21. The highest BCUT2D eigenvalue weighted by atomic mass is 32.1. The van der Waals surface area contributed by atoms with Crippen molar-refractivity contribution in [2.75, 3.05) is 18.0 Å². The molecule has 1 aliphatic heterocycles. The van der Waals surface area contributed by atoms with Crippen molar-refractivity contribution in [1.82, 2.24) is 5.32 Å². The van der Waals surface area contributed by atoms with Crippen molar-refractivity contribution in [1.29, 1.82) is 0 Å². The van der Waals surface area contributed by atoms with Gasteiger partial charge in [-0.2, -0.15) is 0 Å². The number of carbonyl (C=O) groups is 1. The molecule has 1 fully saturated rings. The zero-order valence-corrected chi connectivity index (χ0v) is 14.5. The number of nitrogens with one attached hydrogen (secondary N) is 1. The maximum Gasteiger partial charge on any atom is 0.220 e. The maximum absolute atomic E-state index is 13.3. The first-order valence-electron chi connectivity index (χ1n) is 8.53. The molecule has 3 rings (SSSR count). The number of halogens is 1. The molecule has 0 spiro atoms. The summed E-state index contributed by atoms with van der Waals surface area (Å²) < 4.78 is 13.3. The van der Waals surface area contributed by atoms with E-state index in [1.54, 1.807) is 23.5 Å². The second kappa shape index (κ2) is 8.29. The van der Waals surface area contributed by atoms with Crippen LogP contribution in [0.3, 0.4) is 0 Å². The van der Waals surface area contributed by atoms with Gasteiger partial charge in [0.2, 0.25) is 5.91 Å². The first-order valence-corrected chi connectivity index (χ1v) is 9.41. The molecule has 0 saturated carbocycles. The minimum Gasteiger partial charge on any atom is -0.371 e. The zero-order chi connectivity index (χ0) is 16.8. The number of hydrogen-bond acceptors (Lipinski definition) is 3. The van der Waals surface area contributed by atoms with Crippen LogP contribution in [0.2, 0.25) is 0 Å². The third-order valence-corrected chi connectivity index (χ3v) is 5.38. The average Bonchev–Trinajstić information content (AvgIpc) is 3.09. The number of nitrogens with zero attached hydrogens (tertiary/aromatic N) is 1. The fourth-order valence-electron chi connectivity index (χ4n) is 3.13. The Morgan fingerprint density at radius 2 is 2.08 bits per heavy atom. The lowest BCUT2D eigenvalue weighted by atomic mass is 10.0. The summed E-state index contributed by atoms with van der Waals surface area (Å²) >= 11 is 1.75. The summed E-state index contributed by atoms with van der Waals surface area (Å²) in [5.41, 5.74) is 0.927. The lowest BCUT2D eigenvalue weighted by Gasteiger charge is -2.34. The molecular weight excluding hydrogens is 323 g/mol. The topological polar surface area (TPSA) is 32.3 Å². The largest absolute Gasteiger partial charge is 0.371 e. The van der Waals surface area contributed by atoms with E-state index in [1.807, 2.05) is 12.1 Å². The lowest BCUT2D eigenvalue weighted by Crippen LogP contribution is -2.44. The number of benzene rings is 1. The summed E-state index contributed by atoms with van der Waals surface area (Å²) in [5.74, 6) is -0.0515. The van der Waals surface area contributed by atoms with Crippen LogP contribution in [0.15, 0.2) is 41.8 Å². The molecule has 5 heteroatoms. The van der Waals surface area contributed by atoms with E-state index >= 15 is 0 Å². The number of anilines is 1. The molecule has 24 heavy (non-hydrogen) atoms. The van der Waals surface area contributed by atoms with Crippen molar-refractivity contribution >= 4 is 22.9 Å². The van der Waals surface area contributed by atoms with Gasteiger partial charge in [0.05, 0.1) is 0 Å². The third-order valence-electron chi connectivity index (χ3n) is 4.44. The number of rotatable bonds is 6. The molecule has 0 unspecified atom stereocenters. The smallest absolute Gasteiger partial charge is 0.220 e. The third kappa shape index (κ3) is 4.81. The van der Waals surface area contributed by atoms with Gasteiger partial charge in [0, 0.05) is 36.1 Å². The van der Waals surface area contributed by atoms with Gasteiger partial charge in [-0.25, -0.2) is 4.39 Å². The summed E-state index contributed by atoms with van der Waals surface area (Å²) in [7, 11) is 0. The molecule has 1 N–H and O–H groups in total. The molecule has 1 aromatic heterocycles. The number of piperidine rings is 1. The Hall–Kier alpha value is -1.88. The molecule has 0 atom stereocenters. The molecule has 1 aliphatic rings. The minimum atomic E-state index is -0.200. The second-order valence-electron chi connectivity index (χ2n) is 6.24. The highest BCUT2D eigenvalue weighted by molar-refractivity contribution is 7.09. The van der Waals surface area contributed by atoms with Gasteiger partial charge in [0.15, 0.2) is 0 Å². The fourth-order valence-corrected chi connectivity index (χ4v) is 3.88. The van der Waals surface area contributed by atoms with Gasteiger partial charge < -0.3 is 10.2 Å². The van der Waals surface area contributed by atoms with Crippen molar-refractivity contribution in [3.8, 4) is 0 Å². The van der Waals surface area contributed by atoms with Crippen LogP contribution in [-0.2, 0) is 11.2 Å². The molecule has 2 aromatic rings. The molecular formula is C19H23FN2OS. The molecule has 128 valence electrons. The molecule has 0 bridgehead atoms. The minimum absolute atomic E-state index is 0.149. The van der Waals surface area contributed by atoms with E-state index in [1.165, 1.54) is 10.9 Å². The van der Waals surface area contributed by atoms with E-state index in [9.17, 15) is 9.18 Å². The Bertz CT molecular complexity index is 651. The highest BCUT2D eigenvalue weighted by Gasteiger charge is 2.20. The number of aryl methyl sites for hydroxylation is 1. The molecule has 1 saturated heterocycles. The standard InChI is InChI=1S/C19H23FN2OS/c20-15-4-1-5-17(14-15)22-11-9-16(10-12-22)21-19(23)8-2-6-18-7-3-13-24-18/h1,3-5,7,13-14,16H,2,6,8-12H2,(H,21,23). The van der Waals surface area contributed by atoms with Crippen LogP contribution in [-0.4, -0.2) is 25.0 Å². The Kier molecular flexibility index (Phi) is 5.86. The van der Waals surface area contributed by atoms with Gasteiger partial charge in [-0.3, -0.25) is 4.79 Å². The Labute approximate surface area is 146 Å². The van der Waals surface area contributed by atoms with Crippen LogP contribution >= 0.6 is 11.3 Å². The Morgan fingerprint density at radius 1 is 1.25 bits per heavy atom. The first-order chi connectivity index (χ1) is 11.7. The van der Waals surface area contributed by atoms with Crippen LogP contribution in [0.5, 0.6) is 0 Å². The van der Waals surface area contributed by atoms with Crippen molar-refractivity contribution in [3.63, 3.8) is 0 Å².